The number of methoxy groups -OCH3 is 1. The molecule has 18 heteroatoms. The molecule has 14 nitrogen and oxygen atoms in total. The first-order chi connectivity index (χ1) is 30.5. The summed E-state index contributed by atoms with van der Waals surface area (Å²) in [6, 6.07) is 30.4. The zero-order valence-electron chi connectivity index (χ0n) is 32.7. The number of benzene rings is 4. The third kappa shape index (κ3) is 8.07. The first-order valence-electron chi connectivity index (χ1n) is 19.0. The van der Waals surface area contributed by atoms with Gasteiger partial charge < -0.3 is 10.5 Å². The number of pyridine rings is 4. The molecule has 310 valence electrons. The van der Waals surface area contributed by atoms with Crippen molar-refractivity contribution < 1.29 is 27.5 Å². The molecule has 63 heavy (non-hydrogen) atoms. The Bertz CT molecular complexity index is 3410. The summed E-state index contributed by atoms with van der Waals surface area (Å²) in [5.74, 6) is -4.14. The molecule has 6 heterocycles. The molecule has 0 aliphatic rings. The highest BCUT2D eigenvalue weighted by Crippen LogP contribution is 2.28. The fourth-order valence-electron chi connectivity index (χ4n) is 6.97. The van der Waals surface area contributed by atoms with Gasteiger partial charge in [-0.15, -0.1) is 10.2 Å². The maximum absolute atomic E-state index is 14.7. The van der Waals surface area contributed by atoms with Gasteiger partial charge in [0.15, 0.2) is 11.3 Å². The lowest BCUT2D eigenvalue weighted by molar-refractivity contribution is 0.0600. The van der Waals surface area contributed by atoms with Gasteiger partial charge in [-0.3, -0.25) is 14.8 Å². The molecule has 2 N–H and O–H groups in total. The lowest BCUT2D eigenvalue weighted by Crippen LogP contribution is -2.15. The number of nitrogens with zero attached hydrogens (tertiary/aromatic N) is 10. The van der Waals surface area contributed by atoms with Crippen molar-refractivity contribution in [2.45, 2.75) is 13.1 Å². The van der Waals surface area contributed by atoms with E-state index in [2.05, 4.69) is 40.6 Å². The van der Waals surface area contributed by atoms with Crippen molar-refractivity contribution in [2.75, 3.05) is 7.11 Å². The molecule has 0 bridgehead atoms. The first kappa shape index (κ1) is 40.2. The van der Waals surface area contributed by atoms with Crippen molar-refractivity contribution in [3.05, 3.63) is 166 Å². The van der Waals surface area contributed by atoms with Gasteiger partial charge in [-0.2, -0.15) is 0 Å². The highest BCUT2D eigenvalue weighted by molar-refractivity contribution is 6.33. The van der Waals surface area contributed by atoms with Gasteiger partial charge >= 0.3 is 5.97 Å². The van der Waals surface area contributed by atoms with Crippen molar-refractivity contribution in [2.24, 2.45) is 5.73 Å². The summed E-state index contributed by atoms with van der Waals surface area (Å²) in [6.07, 6.45) is 3.36. The van der Waals surface area contributed by atoms with Gasteiger partial charge in [-0.1, -0.05) is 46.3 Å². The number of aromatic nitrogens is 10. The number of esters is 1. The Morgan fingerprint density at radius 1 is 0.651 bits per heavy atom. The zero-order valence-corrected chi connectivity index (χ0v) is 33.5. The molecular formula is C45H29ClF3N11O3. The highest BCUT2D eigenvalue weighted by Gasteiger charge is 2.19. The largest absolute Gasteiger partial charge is 0.465 e. The zero-order chi connectivity index (χ0) is 43.8. The second-order valence-electron chi connectivity index (χ2n) is 14.1. The van der Waals surface area contributed by atoms with Crippen LogP contribution in [-0.2, 0) is 17.8 Å². The molecule has 0 saturated carbocycles. The van der Waals surface area contributed by atoms with Crippen LogP contribution in [0.15, 0.2) is 122 Å². The summed E-state index contributed by atoms with van der Waals surface area (Å²) in [5.41, 5.74) is 11.3. The van der Waals surface area contributed by atoms with Gasteiger partial charge in [0.2, 0.25) is 0 Å². The Hall–Kier alpha value is -8.18. The van der Waals surface area contributed by atoms with Crippen molar-refractivity contribution in [1.29, 1.82) is 0 Å². The maximum atomic E-state index is 14.7. The molecule has 0 saturated heterocycles. The fraction of sp³-hybridized carbons (Fsp3) is 0.0667. The van der Waals surface area contributed by atoms with E-state index in [1.807, 2.05) is 36.4 Å². The summed E-state index contributed by atoms with van der Waals surface area (Å²) in [5, 5.41) is 18.6. The van der Waals surface area contributed by atoms with Crippen LogP contribution in [-0.4, -0.2) is 68.9 Å². The second kappa shape index (κ2) is 16.7. The number of ether oxygens (including phenoxy) is 1. The van der Waals surface area contributed by atoms with Gasteiger partial charge in [0.25, 0.3) is 5.91 Å². The minimum absolute atomic E-state index is 0.158. The van der Waals surface area contributed by atoms with Crippen molar-refractivity contribution >= 4 is 67.6 Å². The molecule has 1 amide bonds. The number of nitrogens with two attached hydrogens (primary N) is 1. The standard InChI is InChI=1S/C23H15ClFN5O2.C22H14F2N6O/c1-32-23(31)16-5-4-14(10-17(16)24)19-6-7-20-22(27-19)30(29-28-20)12-15-9-13-3-2-8-26-21(13)11-18(15)25;23-15-9-14(10-16(24)20(15)21(25)31)18-5-6-19-22(27-18)30(29-28-19)11-12-3-4-17-13(8-12)2-1-7-26-17/h2-11H,12H2,1H3;1-10H,11H2,(H2,25,31). The number of rotatable bonds is 8. The smallest absolute Gasteiger partial charge is 0.339 e. The Morgan fingerprint density at radius 3 is 1.89 bits per heavy atom. The van der Waals surface area contributed by atoms with Gasteiger partial charge in [0, 0.05) is 45.9 Å². The number of fused-ring (bicyclic) bond motifs is 4. The number of hydrogen-bond donors (Lipinski definition) is 1. The summed E-state index contributed by atoms with van der Waals surface area (Å²) in [7, 11) is 1.30. The Balaban J connectivity index is 0.000000160. The van der Waals surface area contributed by atoms with E-state index in [1.54, 1.807) is 76.4 Å². The number of primary amides is 1. The van der Waals surface area contributed by atoms with E-state index in [-0.39, 0.29) is 28.5 Å². The van der Waals surface area contributed by atoms with Gasteiger partial charge in [-0.25, -0.2) is 37.3 Å². The molecule has 0 spiro atoms. The maximum Gasteiger partial charge on any atom is 0.339 e. The number of carbonyl (C=O) groups is 2. The van der Waals surface area contributed by atoms with Crippen LogP contribution in [0.3, 0.4) is 0 Å². The molecule has 0 radical (unpaired) electrons. The first-order valence-corrected chi connectivity index (χ1v) is 19.4. The molecule has 10 aromatic rings. The van der Waals surface area contributed by atoms with E-state index in [1.165, 1.54) is 13.2 Å². The summed E-state index contributed by atoms with van der Waals surface area (Å²) < 4.78 is 50.9. The van der Waals surface area contributed by atoms with E-state index in [0.717, 1.165) is 34.0 Å². The van der Waals surface area contributed by atoms with Crippen molar-refractivity contribution in [3.8, 4) is 22.5 Å². The molecular weight excluding hydrogens is 835 g/mol. The van der Waals surface area contributed by atoms with Crippen molar-refractivity contribution in [3.63, 3.8) is 0 Å². The SMILES string of the molecule is COC(=O)c1ccc(-c2ccc3nnn(Cc4cc5cccnc5cc4F)c3n2)cc1Cl.NC(=O)c1c(F)cc(-c2ccc3nnn(Cc4ccc5ncccc5c4)c3n2)cc1F. The van der Waals surface area contributed by atoms with Gasteiger partial charge in [-0.05, 0) is 84.4 Å². The Kier molecular flexibility index (Phi) is 10.7. The van der Waals surface area contributed by atoms with Crippen LogP contribution in [0.2, 0.25) is 5.02 Å². The van der Waals surface area contributed by atoms with E-state index in [4.69, 9.17) is 22.1 Å². The molecule has 10 rings (SSSR count). The third-order valence-electron chi connectivity index (χ3n) is 10.1. The van der Waals surface area contributed by atoms with Crippen LogP contribution in [0, 0.1) is 17.5 Å². The van der Waals surface area contributed by atoms with Crippen LogP contribution in [0.25, 0.3) is 66.6 Å². The molecule has 0 aliphatic carbocycles. The fourth-order valence-corrected chi connectivity index (χ4v) is 7.23. The Labute approximate surface area is 358 Å². The number of hydrogen-bond acceptors (Lipinski definition) is 11. The summed E-state index contributed by atoms with van der Waals surface area (Å²) in [6.45, 7) is 0.562. The van der Waals surface area contributed by atoms with Crippen LogP contribution in [0.1, 0.15) is 31.8 Å². The summed E-state index contributed by atoms with van der Waals surface area (Å²) in [4.78, 5) is 40.6. The predicted octanol–water partition coefficient (Wildman–Crippen LogP) is 8.14. The monoisotopic (exact) mass is 863 g/mol. The molecule has 0 unspecified atom stereocenters. The molecule has 0 fully saturated rings. The number of carbonyl (C=O) groups excluding carboxylic acids is 2. The van der Waals surface area contributed by atoms with Crippen LogP contribution in [0.5, 0.6) is 0 Å². The van der Waals surface area contributed by atoms with Gasteiger partial charge in [0.05, 0.1) is 53.2 Å². The van der Waals surface area contributed by atoms with Crippen LogP contribution >= 0.6 is 11.6 Å². The van der Waals surface area contributed by atoms with Crippen LogP contribution < -0.4 is 5.73 Å². The molecule has 6 aromatic heterocycles. The van der Waals surface area contributed by atoms with Gasteiger partial charge in [0.1, 0.15) is 34.0 Å². The Morgan fingerprint density at radius 2 is 1.25 bits per heavy atom. The van der Waals surface area contributed by atoms with E-state index in [9.17, 15) is 22.8 Å². The predicted molar refractivity (Wildman–Crippen MR) is 228 cm³/mol. The average Bonchev–Trinajstić information content (AvgIpc) is 3.88. The molecule has 4 aromatic carbocycles. The minimum Gasteiger partial charge on any atom is -0.465 e. The van der Waals surface area contributed by atoms with Crippen molar-refractivity contribution in [1.82, 2.24) is 49.9 Å². The highest BCUT2D eigenvalue weighted by atomic mass is 35.5. The minimum atomic E-state index is -1.17. The number of halogens is 4. The molecule has 0 aliphatic heterocycles. The normalized spacial score (nSPS) is 11.3. The average molecular weight is 864 g/mol. The number of amides is 1. The lowest BCUT2D eigenvalue weighted by atomic mass is 10.1. The molecule has 0 atom stereocenters. The van der Waals surface area contributed by atoms with E-state index >= 15 is 0 Å². The van der Waals surface area contributed by atoms with E-state index < -0.39 is 29.1 Å². The lowest BCUT2D eigenvalue weighted by Gasteiger charge is -2.08. The third-order valence-corrected chi connectivity index (χ3v) is 10.4. The quantitative estimate of drug-likeness (QED) is 0.146. The topological polar surface area (TPSA) is 182 Å². The van der Waals surface area contributed by atoms with E-state index in [0.29, 0.717) is 56.9 Å². The van der Waals surface area contributed by atoms with Crippen LogP contribution in [0.4, 0.5) is 13.2 Å². The second-order valence-corrected chi connectivity index (χ2v) is 14.5. The summed E-state index contributed by atoms with van der Waals surface area (Å²) >= 11 is 6.25.